The first-order chi connectivity index (χ1) is 12.1. The molecule has 1 aliphatic heterocycles. The van der Waals surface area contributed by atoms with Crippen molar-refractivity contribution in [3.05, 3.63) is 59.3 Å². The molecule has 0 aliphatic carbocycles. The maximum absolute atomic E-state index is 12.9. The molecule has 1 fully saturated rings. The Hall–Kier alpha value is -2.82. The first kappa shape index (κ1) is 15.7. The van der Waals surface area contributed by atoms with E-state index in [0.29, 0.717) is 18.8 Å². The Morgan fingerprint density at radius 2 is 1.80 bits per heavy atom. The summed E-state index contributed by atoms with van der Waals surface area (Å²) in [7, 11) is 0. The van der Waals surface area contributed by atoms with Crippen molar-refractivity contribution in [3.8, 4) is 0 Å². The summed E-state index contributed by atoms with van der Waals surface area (Å²) >= 11 is 0. The SMILES string of the molecule is Cc1ccc(N2CCN(C(=O)c3n[nH]c4ccccc34)CC2)c(C)c1. The van der Waals surface area contributed by atoms with Crippen LogP contribution in [0.4, 0.5) is 5.69 Å². The Labute approximate surface area is 147 Å². The van der Waals surface area contributed by atoms with Crippen LogP contribution in [0.3, 0.4) is 0 Å². The van der Waals surface area contributed by atoms with Gasteiger partial charge in [-0.1, -0.05) is 35.9 Å². The number of aryl methyl sites for hydroxylation is 2. The van der Waals surface area contributed by atoms with Gasteiger partial charge >= 0.3 is 0 Å². The van der Waals surface area contributed by atoms with E-state index in [1.807, 2.05) is 29.2 Å². The molecule has 1 N–H and O–H groups in total. The third kappa shape index (κ3) is 2.86. The lowest BCUT2D eigenvalue weighted by molar-refractivity contribution is 0.0742. The number of carbonyl (C=O) groups excluding carboxylic acids is 1. The molecule has 1 aliphatic rings. The Kier molecular flexibility index (Phi) is 3.92. The number of hydrogen-bond acceptors (Lipinski definition) is 3. The minimum atomic E-state index is 0.0118. The fourth-order valence-corrected chi connectivity index (χ4v) is 3.59. The molecular formula is C20H22N4O. The van der Waals surface area contributed by atoms with Gasteiger partial charge in [-0.3, -0.25) is 9.89 Å². The number of aromatic nitrogens is 2. The summed E-state index contributed by atoms with van der Waals surface area (Å²) in [6.07, 6.45) is 0. The van der Waals surface area contributed by atoms with Crippen LogP contribution in [0.1, 0.15) is 21.6 Å². The van der Waals surface area contributed by atoms with Crippen LogP contribution in [0, 0.1) is 13.8 Å². The fourth-order valence-electron chi connectivity index (χ4n) is 3.59. The van der Waals surface area contributed by atoms with E-state index in [1.54, 1.807) is 0 Å². The van der Waals surface area contributed by atoms with E-state index < -0.39 is 0 Å². The normalized spacial score (nSPS) is 15.0. The average molecular weight is 334 g/mol. The molecule has 0 bridgehead atoms. The van der Waals surface area contributed by atoms with Crippen molar-refractivity contribution in [2.75, 3.05) is 31.1 Å². The molecule has 1 amide bonds. The second kappa shape index (κ2) is 6.24. The Morgan fingerprint density at radius 3 is 2.56 bits per heavy atom. The zero-order valence-corrected chi connectivity index (χ0v) is 14.6. The molecule has 2 aromatic carbocycles. The zero-order chi connectivity index (χ0) is 17.4. The van der Waals surface area contributed by atoms with Gasteiger partial charge in [0.1, 0.15) is 0 Å². The summed E-state index contributed by atoms with van der Waals surface area (Å²) in [4.78, 5) is 17.1. The predicted octanol–water partition coefficient (Wildman–Crippen LogP) is 3.14. The standard InChI is InChI=1S/C20H22N4O/c1-14-7-8-18(15(2)13-14)23-9-11-24(12-10-23)20(25)19-16-5-3-4-6-17(16)21-22-19/h3-8,13H,9-12H2,1-2H3,(H,21,22). The number of nitrogens with one attached hydrogen (secondary N) is 1. The van der Waals surface area contributed by atoms with Crippen LogP contribution >= 0.6 is 0 Å². The van der Waals surface area contributed by atoms with Crippen molar-refractivity contribution in [2.24, 2.45) is 0 Å². The number of anilines is 1. The number of para-hydroxylation sites is 1. The van der Waals surface area contributed by atoms with Gasteiger partial charge in [0.25, 0.3) is 5.91 Å². The molecule has 0 atom stereocenters. The van der Waals surface area contributed by atoms with E-state index in [1.165, 1.54) is 16.8 Å². The lowest BCUT2D eigenvalue weighted by atomic mass is 10.1. The molecule has 0 spiro atoms. The number of benzene rings is 2. The van der Waals surface area contributed by atoms with E-state index in [0.717, 1.165) is 24.0 Å². The monoisotopic (exact) mass is 334 g/mol. The van der Waals surface area contributed by atoms with Gasteiger partial charge in [-0.15, -0.1) is 0 Å². The number of piperazine rings is 1. The first-order valence-electron chi connectivity index (χ1n) is 8.68. The smallest absolute Gasteiger partial charge is 0.275 e. The van der Waals surface area contributed by atoms with Gasteiger partial charge in [0.15, 0.2) is 5.69 Å². The number of aromatic amines is 1. The fraction of sp³-hybridized carbons (Fsp3) is 0.300. The topological polar surface area (TPSA) is 52.2 Å². The Morgan fingerprint density at radius 1 is 1.04 bits per heavy atom. The van der Waals surface area contributed by atoms with Gasteiger partial charge in [0, 0.05) is 37.3 Å². The van der Waals surface area contributed by atoms with Gasteiger partial charge in [-0.2, -0.15) is 5.10 Å². The van der Waals surface area contributed by atoms with Crippen LogP contribution in [0.5, 0.6) is 0 Å². The number of hydrogen-bond donors (Lipinski definition) is 1. The molecule has 128 valence electrons. The maximum atomic E-state index is 12.9. The third-order valence-corrected chi connectivity index (χ3v) is 4.93. The van der Waals surface area contributed by atoms with Crippen LogP contribution in [-0.4, -0.2) is 47.2 Å². The molecule has 3 aromatic rings. The minimum Gasteiger partial charge on any atom is -0.368 e. The summed E-state index contributed by atoms with van der Waals surface area (Å²) < 4.78 is 0. The number of carbonyl (C=O) groups is 1. The highest BCUT2D eigenvalue weighted by Gasteiger charge is 2.25. The molecule has 25 heavy (non-hydrogen) atoms. The highest BCUT2D eigenvalue weighted by atomic mass is 16.2. The number of amides is 1. The van der Waals surface area contributed by atoms with Crippen molar-refractivity contribution < 1.29 is 4.79 Å². The Bertz CT molecular complexity index is 922. The lowest BCUT2D eigenvalue weighted by Gasteiger charge is -2.36. The van der Waals surface area contributed by atoms with Gasteiger partial charge in [0.05, 0.1) is 5.52 Å². The molecule has 0 radical (unpaired) electrons. The molecule has 5 heteroatoms. The van der Waals surface area contributed by atoms with Gasteiger partial charge in [-0.25, -0.2) is 0 Å². The summed E-state index contributed by atoms with van der Waals surface area (Å²) in [6, 6.07) is 14.3. The second-order valence-electron chi connectivity index (χ2n) is 6.69. The van der Waals surface area contributed by atoms with Crippen molar-refractivity contribution >= 4 is 22.5 Å². The minimum absolute atomic E-state index is 0.0118. The summed E-state index contributed by atoms with van der Waals surface area (Å²) in [6.45, 7) is 7.38. The predicted molar refractivity (Wildman–Crippen MR) is 100 cm³/mol. The number of H-pyrrole nitrogens is 1. The van der Waals surface area contributed by atoms with Crippen LogP contribution in [0.2, 0.25) is 0 Å². The van der Waals surface area contributed by atoms with Crippen LogP contribution in [0.25, 0.3) is 10.9 Å². The zero-order valence-electron chi connectivity index (χ0n) is 14.6. The molecule has 1 saturated heterocycles. The number of rotatable bonds is 2. The molecule has 4 rings (SSSR count). The molecule has 5 nitrogen and oxygen atoms in total. The first-order valence-corrected chi connectivity index (χ1v) is 8.68. The summed E-state index contributed by atoms with van der Waals surface area (Å²) in [5.74, 6) is 0.0118. The highest BCUT2D eigenvalue weighted by molar-refractivity contribution is 6.04. The largest absolute Gasteiger partial charge is 0.368 e. The van der Waals surface area contributed by atoms with E-state index in [-0.39, 0.29) is 5.91 Å². The van der Waals surface area contributed by atoms with Crippen LogP contribution in [0.15, 0.2) is 42.5 Å². The maximum Gasteiger partial charge on any atom is 0.275 e. The lowest BCUT2D eigenvalue weighted by Crippen LogP contribution is -2.49. The van der Waals surface area contributed by atoms with Crippen molar-refractivity contribution in [2.45, 2.75) is 13.8 Å². The van der Waals surface area contributed by atoms with E-state index in [2.05, 4.69) is 47.1 Å². The van der Waals surface area contributed by atoms with E-state index in [4.69, 9.17) is 0 Å². The Balaban J connectivity index is 1.49. The molecule has 2 heterocycles. The van der Waals surface area contributed by atoms with Crippen molar-refractivity contribution in [1.82, 2.24) is 15.1 Å². The summed E-state index contributed by atoms with van der Waals surface area (Å²) in [5.41, 5.74) is 5.26. The van der Waals surface area contributed by atoms with Gasteiger partial charge < -0.3 is 9.80 Å². The molecular weight excluding hydrogens is 312 g/mol. The van der Waals surface area contributed by atoms with Gasteiger partial charge in [0.2, 0.25) is 0 Å². The quantitative estimate of drug-likeness (QED) is 0.783. The third-order valence-electron chi connectivity index (χ3n) is 4.93. The van der Waals surface area contributed by atoms with E-state index in [9.17, 15) is 4.79 Å². The average Bonchev–Trinajstić information content (AvgIpc) is 3.05. The van der Waals surface area contributed by atoms with Gasteiger partial charge in [-0.05, 0) is 31.5 Å². The molecule has 0 saturated carbocycles. The summed E-state index contributed by atoms with van der Waals surface area (Å²) in [5, 5.41) is 8.08. The van der Waals surface area contributed by atoms with Crippen molar-refractivity contribution in [3.63, 3.8) is 0 Å². The van der Waals surface area contributed by atoms with Crippen molar-refractivity contribution in [1.29, 1.82) is 0 Å². The highest BCUT2D eigenvalue weighted by Crippen LogP contribution is 2.23. The number of fused-ring (bicyclic) bond motifs is 1. The van der Waals surface area contributed by atoms with Crippen LogP contribution < -0.4 is 4.90 Å². The molecule has 1 aromatic heterocycles. The molecule has 0 unspecified atom stereocenters. The van der Waals surface area contributed by atoms with E-state index >= 15 is 0 Å². The van der Waals surface area contributed by atoms with Crippen LogP contribution in [-0.2, 0) is 0 Å². The number of nitrogens with zero attached hydrogens (tertiary/aromatic N) is 3. The second-order valence-corrected chi connectivity index (χ2v) is 6.69.